The summed E-state index contributed by atoms with van der Waals surface area (Å²) in [7, 11) is 1.65. The Morgan fingerprint density at radius 2 is 1.81 bits per heavy atom. The second-order valence-corrected chi connectivity index (χ2v) is 7.17. The normalized spacial score (nSPS) is 27.0. The fourth-order valence-electron chi connectivity index (χ4n) is 4.40. The van der Waals surface area contributed by atoms with Gasteiger partial charge in [-0.05, 0) is 41.8 Å². The van der Waals surface area contributed by atoms with Crippen LogP contribution in [0.5, 0.6) is 11.5 Å². The van der Waals surface area contributed by atoms with E-state index >= 15 is 0 Å². The average Bonchev–Trinajstić information content (AvgIpc) is 3.22. The lowest BCUT2D eigenvalue weighted by atomic mass is 9.83. The minimum absolute atomic E-state index is 0.0148. The maximum Gasteiger partial charge on any atom is 0.242 e. The van der Waals surface area contributed by atoms with Gasteiger partial charge in [0.1, 0.15) is 17.5 Å². The maximum atomic E-state index is 13.1. The minimum Gasteiger partial charge on any atom is -0.508 e. The smallest absolute Gasteiger partial charge is 0.242 e. The van der Waals surface area contributed by atoms with Crippen LogP contribution in [-0.4, -0.2) is 35.6 Å². The third kappa shape index (κ3) is 3.05. The van der Waals surface area contributed by atoms with Crippen molar-refractivity contribution in [1.29, 1.82) is 0 Å². The van der Waals surface area contributed by atoms with Gasteiger partial charge in [-0.1, -0.05) is 31.2 Å². The van der Waals surface area contributed by atoms with E-state index in [0.29, 0.717) is 6.54 Å². The molecule has 2 aromatic rings. The minimum atomic E-state index is -0.281. The van der Waals surface area contributed by atoms with Gasteiger partial charge in [0.15, 0.2) is 0 Å². The number of carbonyl (C=O) groups is 1. The number of fused-ring (bicyclic) bond motifs is 1. The summed E-state index contributed by atoms with van der Waals surface area (Å²) in [5.41, 5.74) is 8.60. The summed E-state index contributed by atoms with van der Waals surface area (Å²) < 4.78 is 5.26. The number of amides is 1. The van der Waals surface area contributed by atoms with E-state index in [2.05, 4.69) is 17.8 Å². The Morgan fingerprint density at radius 1 is 1.07 bits per heavy atom. The van der Waals surface area contributed by atoms with E-state index in [1.54, 1.807) is 19.2 Å². The molecule has 6 heteroatoms. The van der Waals surface area contributed by atoms with Crippen LogP contribution in [0, 0.1) is 5.92 Å². The molecule has 2 heterocycles. The number of phenols is 1. The highest BCUT2D eigenvalue weighted by Gasteiger charge is 2.55. The van der Waals surface area contributed by atoms with E-state index in [1.165, 1.54) is 0 Å². The molecule has 4 rings (SSSR count). The molecule has 0 spiro atoms. The molecule has 2 aliphatic rings. The first-order valence-electron chi connectivity index (χ1n) is 9.38. The Morgan fingerprint density at radius 3 is 2.48 bits per heavy atom. The van der Waals surface area contributed by atoms with Gasteiger partial charge in [0.25, 0.3) is 0 Å². The van der Waals surface area contributed by atoms with E-state index < -0.39 is 0 Å². The van der Waals surface area contributed by atoms with Gasteiger partial charge in [-0.2, -0.15) is 0 Å². The zero-order chi connectivity index (χ0) is 19.0. The molecule has 3 N–H and O–H groups in total. The monoisotopic (exact) mass is 367 g/mol. The molecule has 0 aromatic heterocycles. The van der Waals surface area contributed by atoms with Crippen LogP contribution in [0.4, 0.5) is 0 Å². The van der Waals surface area contributed by atoms with Crippen molar-refractivity contribution < 1.29 is 14.6 Å². The molecule has 6 nitrogen and oxygen atoms in total. The molecule has 4 atom stereocenters. The van der Waals surface area contributed by atoms with Crippen LogP contribution in [0.3, 0.4) is 0 Å². The third-order valence-electron chi connectivity index (χ3n) is 5.56. The molecule has 2 fully saturated rings. The number of hydrazine groups is 1. The topological polar surface area (TPSA) is 73.8 Å². The van der Waals surface area contributed by atoms with Crippen LogP contribution < -0.4 is 15.6 Å². The van der Waals surface area contributed by atoms with Crippen LogP contribution in [-0.2, 0) is 4.79 Å². The number of likely N-dealkylation sites (tertiary alicyclic amines) is 1. The Labute approximate surface area is 159 Å². The highest BCUT2D eigenvalue weighted by atomic mass is 16.5. The van der Waals surface area contributed by atoms with Gasteiger partial charge >= 0.3 is 0 Å². The number of benzene rings is 2. The van der Waals surface area contributed by atoms with Crippen LogP contribution in [0.25, 0.3) is 0 Å². The molecular formula is C21H25N3O3. The van der Waals surface area contributed by atoms with Crippen LogP contribution in [0.15, 0.2) is 48.5 Å². The predicted molar refractivity (Wildman–Crippen MR) is 102 cm³/mol. The zero-order valence-electron chi connectivity index (χ0n) is 15.6. The van der Waals surface area contributed by atoms with E-state index in [1.807, 2.05) is 41.3 Å². The molecule has 142 valence electrons. The Kier molecular flexibility index (Phi) is 4.76. The highest BCUT2D eigenvalue weighted by Crippen LogP contribution is 2.47. The third-order valence-corrected chi connectivity index (χ3v) is 5.56. The Hall–Kier alpha value is -2.57. The van der Waals surface area contributed by atoms with E-state index in [4.69, 9.17) is 4.74 Å². The zero-order valence-corrected chi connectivity index (χ0v) is 15.6. The van der Waals surface area contributed by atoms with Crippen molar-refractivity contribution in [3.05, 3.63) is 59.7 Å². The molecule has 27 heavy (non-hydrogen) atoms. The summed E-state index contributed by atoms with van der Waals surface area (Å²) in [5.74, 6) is 1.17. The molecule has 1 amide bonds. The number of ether oxygens (including phenoxy) is 1. The quantitative estimate of drug-likeness (QED) is 0.757. The van der Waals surface area contributed by atoms with Gasteiger partial charge in [0.2, 0.25) is 5.91 Å². The van der Waals surface area contributed by atoms with Crippen molar-refractivity contribution in [2.24, 2.45) is 5.92 Å². The van der Waals surface area contributed by atoms with Crippen molar-refractivity contribution in [2.75, 3.05) is 13.7 Å². The van der Waals surface area contributed by atoms with Crippen molar-refractivity contribution in [1.82, 2.24) is 15.8 Å². The first kappa shape index (κ1) is 17.8. The molecule has 4 unspecified atom stereocenters. The summed E-state index contributed by atoms with van der Waals surface area (Å²) in [4.78, 5) is 15.0. The second kappa shape index (κ2) is 7.21. The number of methoxy groups -OCH3 is 1. The first-order valence-corrected chi connectivity index (χ1v) is 9.38. The molecule has 0 radical (unpaired) electrons. The number of carbonyl (C=O) groups excluding carboxylic acids is 1. The lowest BCUT2D eigenvalue weighted by Crippen LogP contribution is -2.41. The fourth-order valence-corrected chi connectivity index (χ4v) is 4.40. The van der Waals surface area contributed by atoms with Gasteiger partial charge in [0, 0.05) is 12.5 Å². The number of rotatable bonds is 5. The van der Waals surface area contributed by atoms with Gasteiger partial charge in [0.05, 0.1) is 19.2 Å². The highest BCUT2D eigenvalue weighted by molar-refractivity contribution is 5.86. The SMILES string of the molecule is CCCN1C(=O)C2NNC(c3ccc(OC)cc3)C2C1c1cccc(O)c1. The fraction of sp³-hybridized carbons (Fsp3) is 0.381. The predicted octanol–water partition coefficient (Wildman–Crippen LogP) is 2.53. The number of hydrogen-bond donors (Lipinski definition) is 3. The molecule has 2 saturated heterocycles. The van der Waals surface area contributed by atoms with Crippen molar-refractivity contribution in [2.45, 2.75) is 31.5 Å². The van der Waals surface area contributed by atoms with Crippen molar-refractivity contribution >= 4 is 5.91 Å². The molecule has 0 bridgehead atoms. The van der Waals surface area contributed by atoms with Gasteiger partial charge < -0.3 is 14.7 Å². The number of nitrogens with one attached hydrogen (secondary N) is 2. The van der Waals surface area contributed by atoms with Gasteiger partial charge in [-0.25, -0.2) is 10.9 Å². The lowest BCUT2D eigenvalue weighted by molar-refractivity contribution is -0.130. The molecule has 2 aliphatic heterocycles. The molecular weight excluding hydrogens is 342 g/mol. The number of aromatic hydroxyl groups is 1. The van der Waals surface area contributed by atoms with E-state index in [-0.39, 0.29) is 35.7 Å². The van der Waals surface area contributed by atoms with E-state index in [9.17, 15) is 9.90 Å². The summed E-state index contributed by atoms with van der Waals surface area (Å²) >= 11 is 0. The first-order chi connectivity index (χ1) is 13.1. The van der Waals surface area contributed by atoms with Crippen molar-refractivity contribution in [3.63, 3.8) is 0 Å². The summed E-state index contributed by atoms with van der Waals surface area (Å²) in [6, 6.07) is 14.8. The largest absolute Gasteiger partial charge is 0.508 e. The van der Waals surface area contributed by atoms with Crippen LogP contribution >= 0.6 is 0 Å². The molecule has 2 aromatic carbocycles. The van der Waals surface area contributed by atoms with Gasteiger partial charge in [-0.15, -0.1) is 0 Å². The Balaban J connectivity index is 1.74. The van der Waals surface area contributed by atoms with Crippen LogP contribution in [0.2, 0.25) is 0 Å². The number of phenolic OH excluding ortho intramolecular Hbond substituents is 1. The molecule has 0 saturated carbocycles. The van der Waals surface area contributed by atoms with Crippen molar-refractivity contribution in [3.8, 4) is 11.5 Å². The van der Waals surface area contributed by atoms with Crippen LogP contribution in [0.1, 0.15) is 36.6 Å². The summed E-state index contributed by atoms with van der Waals surface area (Å²) in [6.45, 7) is 2.77. The average molecular weight is 367 g/mol. The summed E-state index contributed by atoms with van der Waals surface area (Å²) in [5, 5.41) is 9.99. The number of hydrogen-bond acceptors (Lipinski definition) is 5. The number of nitrogens with zero attached hydrogens (tertiary/aromatic N) is 1. The summed E-state index contributed by atoms with van der Waals surface area (Å²) in [6.07, 6.45) is 0.890. The lowest BCUT2D eigenvalue weighted by Gasteiger charge is -2.31. The second-order valence-electron chi connectivity index (χ2n) is 7.17. The van der Waals surface area contributed by atoms with Gasteiger partial charge in [-0.3, -0.25) is 4.79 Å². The standard InChI is InChI=1S/C21H25N3O3/c1-3-11-24-20(14-5-4-6-15(25)12-14)17-18(22-23-19(17)21(24)26)13-7-9-16(27-2)10-8-13/h4-10,12,17-20,22-23,25H,3,11H2,1-2H3. The Bertz CT molecular complexity index is 824. The maximum absolute atomic E-state index is 13.1. The molecule has 0 aliphatic carbocycles. The van der Waals surface area contributed by atoms with E-state index in [0.717, 1.165) is 23.3 Å².